The van der Waals surface area contributed by atoms with Crippen molar-refractivity contribution in [3.63, 3.8) is 0 Å². The zero-order valence-electron chi connectivity index (χ0n) is 9.28. The van der Waals surface area contributed by atoms with Crippen LogP contribution in [0.2, 0.25) is 0 Å². The Labute approximate surface area is 107 Å². The molecule has 0 amide bonds. The second-order valence-electron chi connectivity index (χ2n) is 3.99. The molecule has 7 heteroatoms. The zero-order chi connectivity index (χ0) is 13.8. The second-order valence-corrected chi connectivity index (χ2v) is 5.38. The molecule has 6 nitrogen and oxygen atoms in total. The van der Waals surface area contributed by atoms with Crippen LogP contribution in [0.25, 0.3) is 10.8 Å². The van der Waals surface area contributed by atoms with Gasteiger partial charge >= 0.3 is 11.9 Å². The fourth-order valence-electron chi connectivity index (χ4n) is 2.14. The van der Waals surface area contributed by atoms with Crippen molar-refractivity contribution in [2.45, 2.75) is 4.90 Å². The van der Waals surface area contributed by atoms with E-state index in [9.17, 15) is 18.0 Å². The van der Waals surface area contributed by atoms with E-state index in [-0.39, 0.29) is 26.8 Å². The maximum atomic E-state index is 11.6. The van der Waals surface area contributed by atoms with Gasteiger partial charge in [-0.15, -0.1) is 0 Å². The maximum Gasteiger partial charge on any atom is 0.346 e. The van der Waals surface area contributed by atoms with Crippen molar-refractivity contribution in [1.29, 1.82) is 0 Å². The summed E-state index contributed by atoms with van der Waals surface area (Å²) in [6, 6.07) is 6.61. The molecule has 0 atom stereocenters. The van der Waals surface area contributed by atoms with Gasteiger partial charge < -0.3 is 4.74 Å². The molecule has 1 N–H and O–H groups in total. The first-order valence-corrected chi connectivity index (χ1v) is 6.63. The Balaban J connectivity index is 2.56. The molecule has 2 aromatic carbocycles. The number of esters is 2. The van der Waals surface area contributed by atoms with Crippen LogP contribution in [0.4, 0.5) is 0 Å². The maximum absolute atomic E-state index is 11.6. The molecular weight excluding hydrogens is 272 g/mol. The molecule has 2 aromatic rings. The van der Waals surface area contributed by atoms with Gasteiger partial charge in [-0.25, -0.2) is 9.59 Å². The van der Waals surface area contributed by atoms with Crippen LogP contribution in [0.1, 0.15) is 20.7 Å². The van der Waals surface area contributed by atoms with Crippen LogP contribution in [0.3, 0.4) is 0 Å². The lowest BCUT2D eigenvalue weighted by molar-refractivity contribution is 0.0391. The first-order chi connectivity index (χ1) is 8.89. The predicted octanol–water partition coefficient (Wildman–Crippen LogP) is 1.40. The minimum absolute atomic E-state index is 0.0950. The highest BCUT2D eigenvalue weighted by molar-refractivity contribution is 7.86. The summed E-state index contributed by atoms with van der Waals surface area (Å²) in [6.07, 6.45) is 0. The van der Waals surface area contributed by atoms with Crippen molar-refractivity contribution >= 4 is 32.8 Å². The number of hydrogen-bond donors (Lipinski definition) is 1. The molecule has 3 rings (SSSR count). The quantitative estimate of drug-likeness (QED) is 0.481. The molecule has 0 bridgehead atoms. The molecule has 1 aliphatic rings. The molecule has 0 radical (unpaired) electrons. The molecule has 96 valence electrons. The SMILES string of the molecule is O=C1OC(=O)c2ccc(S(=O)(=O)O)c3cccc1c23. The molecule has 1 aliphatic heterocycles. The number of carbonyl (C=O) groups excluding carboxylic acids is 2. The van der Waals surface area contributed by atoms with Crippen LogP contribution in [0, 0.1) is 0 Å². The third kappa shape index (κ3) is 1.63. The normalized spacial score (nSPS) is 14.6. The van der Waals surface area contributed by atoms with E-state index >= 15 is 0 Å². The predicted molar refractivity (Wildman–Crippen MR) is 63.5 cm³/mol. The van der Waals surface area contributed by atoms with E-state index in [1.807, 2.05) is 0 Å². The van der Waals surface area contributed by atoms with Gasteiger partial charge in [0.05, 0.1) is 11.1 Å². The minimum Gasteiger partial charge on any atom is -0.386 e. The van der Waals surface area contributed by atoms with E-state index in [1.54, 1.807) is 0 Å². The third-order valence-corrected chi connectivity index (χ3v) is 3.82. The van der Waals surface area contributed by atoms with E-state index in [4.69, 9.17) is 4.55 Å². The van der Waals surface area contributed by atoms with E-state index < -0.39 is 22.1 Å². The largest absolute Gasteiger partial charge is 0.386 e. The highest BCUT2D eigenvalue weighted by Gasteiger charge is 2.29. The topological polar surface area (TPSA) is 97.7 Å². The van der Waals surface area contributed by atoms with Crippen LogP contribution in [-0.2, 0) is 14.9 Å². The van der Waals surface area contributed by atoms with Gasteiger partial charge in [0, 0.05) is 10.8 Å². The average Bonchev–Trinajstić information content (AvgIpc) is 2.33. The number of carbonyl (C=O) groups is 2. The number of hydrogen-bond acceptors (Lipinski definition) is 5. The van der Waals surface area contributed by atoms with Gasteiger partial charge in [0.1, 0.15) is 4.90 Å². The molecule has 19 heavy (non-hydrogen) atoms. The van der Waals surface area contributed by atoms with Crippen molar-refractivity contribution in [2.75, 3.05) is 0 Å². The van der Waals surface area contributed by atoms with Gasteiger partial charge in [0.15, 0.2) is 0 Å². The summed E-state index contributed by atoms with van der Waals surface area (Å²) < 4.78 is 36.3. The molecule has 0 aromatic heterocycles. The Morgan fingerprint density at radius 1 is 0.947 bits per heavy atom. The van der Waals surface area contributed by atoms with Gasteiger partial charge in [0.2, 0.25) is 0 Å². The van der Waals surface area contributed by atoms with Crippen LogP contribution >= 0.6 is 0 Å². The van der Waals surface area contributed by atoms with Crippen molar-refractivity contribution in [3.05, 3.63) is 41.5 Å². The van der Waals surface area contributed by atoms with Gasteiger partial charge in [-0.3, -0.25) is 4.55 Å². The first-order valence-electron chi connectivity index (χ1n) is 5.19. The highest BCUT2D eigenvalue weighted by atomic mass is 32.2. The Hall–Kier alpha value is -2.25. The van der Waals surface area contributed by atoms with E-state index in [1.165, 1.54) is 24.3 Å². The van der Waals surface area contributed by atoms with Crippen molar-refractivity contribution in [3.8, 4) is 0 Å². The Kier molecular flexibility index (Phi) is 2.25. The Morgan fingerprint density at radius 3 is 2.21 bits per heavy atom. The second kappa shape index (κ2) is 3.62. The Morgan fingerprint density at radius 2 is 1.58 bits per heavy atom. The molecule has 0 saturated carbocycles. The molecular formula is C12H6O6S. The van der Waals surface area contributed by atoms with Gasteiger partial charge in [-0.2, -0.15) is 8.42 Å². The fourth-order valence-corrected chi connectivity index (χ4v) is 2.83. The Bertz CT molecular complexity index is 830. The highest BCUT2D eigenvalue weighted by Crippen LogP contribution is 2.32. The van der Waals surface area contributed by atoms with Crippen molar-refractivity contribution in [1.82, 2.24) is 0 Å². The first kappa shape index (κ1) is 11.8. The number of cyclic esters (lactones) is 2. The minimum atomic E-state index is -4.45. The van der Waals surface area contributed by atoms with Crippen LogP contribution in [0.5, 0.6) is 0 Å². The molecule has 1 heterocycles. The summed E-state index contributed by atoms with van der Waals surface area (Å²) in [6.45, 7) is 0. The lowest BCUT2D eigenvalue weighted by atomic mass is 9.97. The summed E-state index contributed by atoms with van der Waals surface area (Å²) in [5, 5.41) is 0.293. The molecule has 0 saturated heterocycles. The van der Waals surface area contributed by atoms with E-state index in [2.05, 4.69) is 4.74 Å². The van der Waals surface area contributed by atoms with Gasteiger partial charge in [-0.1, -0.05) is 12.1 Å². The number of rotatable bonds is 1. The number of benzene rings is 2. The summed E-state index contributed by atoms with van der Waals surface area (Å²) in [5.41, 5.74) is 0.190. The lowest BCUT2D eigenvalue weighted by Gasteiger charge is -2.16. The fraction of sp³-hybridized carbons (Fsp3) is 0. The van der Waals surface area contributed by atoms with Gasteiger partial charge in [0.25, 0.3) is 10.1 Å². The van der Waals surface area contributed by atoms with Crippen LogP contribution < -0.4 is 0 Å². The molecule has 0 spiro atoms. The lowest BCUT2D eigenvalue weighted by Crippen LogP contribution is -2.20. The van der Waals surface area contributed by atoms with Gasteiger partial charge in [-0.05, 0) is 18.2 Å². The smallest absolute Gasteiger partial charge is 0.346 e. The molecule has 0 unspecified atom stereocenters. The van der Waals surface area contributed by atoms with Crippen molar-refractivity contribution < 1.29 is 27.3 Å². The standard InChI is InChI=1S/C12H6O6S/c13-11-7-3-1-2-6-9(19(15,16)17)5-4-8(10(6)7)12(14)18-11/h1-5H,(H,15,16,17). The molecule has 0 aliphatic carbocycles. The molecule has 0 fully saturated rings. The average molecular weight is 278 g/mol. The van der Waals surface area contributed by atoms with Crippen molar-refractivity contribution in [2.24, 2.45) is 0 Å². The summed E-state index contributed by atoms with van der Waals surface area (Å²) >= 11 is 0. The summed E-state index contributed by atoms with van der Waals surface area (Å²) in [4.78, 5) is 22.8. The van der Waals surface area contributed by atoms with E-state index in [0.717, 1.165) is 6.07 Å². The summed E-state index contributed by atoms with van der Waals surface area (Å²) in [5.74, 6) is -1.67. The summed E-state index contributed by atoms with van der Waals surface area (Å²) in [7, 11) is -4.45. The third-order valence-electron chi connectivity index (χ3n) is 2.90. The monoisotopic (exact) mass is 278 g/mol. The zero-order valence-corrected chi connectivity index (χ0v) is 10.1. The number of ether oxygens (including phenoxy) is 1. The van der Waals surface area contributed by atoms with Crippen LogP contribution in [-0.4, -0.2) is 24.9 Å². The van der Waals surface area contributed by atoms with Crippen LogP contribution in [0.15, 0.2) is 35.2 Å². The van der Waals surface area contributed by atoms with E-state index in [0.29, 0.717) is 0 Å².